The van der Waals surface area contributed by atoms with Crippen molar-refractivity contribution in [3.05, 3.63) is 11.6 Å². The van der Waals surface area contributed by atoms with E-state index in [2.05, 4.69) is 4.90 Å². The Labute approximate surface area is 151 Å². The highest BCUT2D eigenvalue weighted by atomic mass is 32.3. The zero-order chi connectivity index (χ0) is 17.9. The van der Waals surface area contributed by atoms with Crippen molar-refractivity contribution < 1.29 is 22.6 Å². The summed E-state index contributed by atoms with van der Waals surface area (Å²) in [6, 6.07) is 1.62. The van der Waals surface area contributed by atoms with Gasteiger partial charge in [-0.15, -0.1) is 23.1 Å². The van der Waals surface area contributed by atoms with Gasteiger partial charge < -0.3 is 19.1 Å². The van der Waals surface area contributed by atoms with Gasteiger partial charge >= 0.3 is 0 Å². The van der Waals surface area contributed by atoms with Crippen molar-refractivity contribution in [1.29, 1.82) is 0 Å². The molecule has 1 aliphatic heterocycles. The third-order valence-electron chi connectivity index (χ3n) is 3.55. The first-order valence-corrected chi connectivity index (χ1v) is 10.7. The second-order valence-corrected chi connectivity index (χ2v) is 10.2. The molecule has 10 heteroatoms. The van der Waals surface area contributed by atoms with Crippen molar-refractivity contribution >= 4 is 33.1 Å². The lowest BCUT2D eigenvalue weighted by molar-refractivity contribution is -0.190. The minimum atomic E-state index is -3.71. The van der Waals surface area contributed by atoms with Crippen molar-refractivity contribution in [3.8, 4) is 0 Å². The number of rotatable bonds is 8. The molecule has 2 heterocycles. The maximum atomic E-state index is 11.6. The molecule has 1 aromatic heterocycles. The van der Waals surface area contributed by atoms with Crippen LogP contribution in [0.1, 0.15) is 25.0 Å². The van der Waals surface area contributed by atoms with Crippen molar-refractivity contribution in [2.45, 2.75) is 39.4 Å². The molecule has 0 fully saturated rings. The molecule has 138 valence electrons. The van der Waals surface area contributed by atoms with E-state index in [-0.39, 0.29) is 23.4 Å². The summed E-state index contributed by atoms with van der Waals surface area (Å²) < 4.78 is 40.7. The van der Waals surface area contributed by atoms with Crippen LogP contribution in [0.2, 0.25) is 0 Å². The lowest BCUT2D eigenvalue weighted by atomic mass is 10.1. The van der Waals surface area contributed by atoms with Gasteiger partial charge in [-0.1, -0.05) is 0 Å². The number of nitrogens with zero attached hydrogens (tertiary/aromatic N) is 1. The summed E-state index contributed by atoms with van der Waals surface area (Å²) in [6.07, 6.45) is 0.200. The second kappa shape index (κ2) is 8.45. The van der Waals surface area contributed by atoms with Crippen LogP contribution in [0.15, 0.2) is 14.5 Å². The molecule has 7 nitrogen and oxygen atoms in total. The molecule has 2 N–H and O–H groups in total. The number of hydrogen-bond acceptors (Lipinski definition) is 8. The van der Waals surface area contributed by atoms with E-state index >= 15 is 0 Å². The molecule has 24 heavy (non-hydrogen) atoms. The number of sulfonamides is 1. The van der Waals surface area contributed by atoms with Crippen LogP contribution < -0.4 is 5.14 Å². The molecule has 0 saturated carbocycles. The average molecular weight is 397 g/mol. The first kappa shape index (κ1) is 20.1. The minimum Gasteiger partial charge on any atom is -0.356 e. The van der Waals surface area contributed by atoms with E-state index in [1.54, 1.807) is 31.9 Å². The van der Waals surface area contributed by atoms with Gasteiger partial charge in [0.15, 0.2) is 13.1 Å². The molecular weight excluding hydrogens is 372 g/mol. The van der Waals surface area contributed by atoms with Gasteiger partial charge in [0.2, 0.25) is 10.0 Å². The summed E-state index contributed by atoms with van der Waals surface area (Å²) in [5.74, 6) is 0. The first-order chi connectivity index (χ1) is 11.2. The highest BCUT2D eigenvalue weighted by molar-refractivity contribution is 8.02. The maximum absolute atomic E-state index is 11.6. The summed E-state index contributed by atoms with van der Waals surface area (Å²) in [5, 5.41) is 5.58. The molecule has 3 unspecified atom stereocenters. The second-order valence-electron chi connectivity index (χ2n) is 5.83. The van der Waals surface area contributed by atoms with Gasteiger partial charge in [0.05, 0.1) is 10.3 Å². The third kappa shape index (κ3) is 5.40. The van der Waals surface area contributed by atoms with Crippen LogP contribution in [0, 0.1) is 0 Å². The Balaban J connectivity index is 2.17. The fourth-order valence-electron chi connectivity index (χ4n) is 2.35. The Hall–Kier alpha value is -0.200. The SMILES string of the molecule is COC(C)OCOC1CC(CN(C)C)Sc2sc(S(N)(=O)=O)cc21. The van der Waals surface area contributed by atoms with Crippen LogP contribution in [0.3, 0.4) is 0 Å². The molecule has 0 radical (unpaired) electrons. The zero-order valence-corrected chi connectivity index (χ0v) is 16.7. The van der Waals surface area contributed by atoms with E-state index < -0.39 is 10.0 Å². The van der Waals surface area contributed by atoms with Crippen molar-refractivity contribution in [2.75, 3.05) is 34.5 Å². The van der Waals surface area contributed by atoms with Crippen LogP contribution in [0.5, 0.6) is 0 Å². The summed E-state index contributed by atoms with van der Waals surface area (Å²) in [6.45, 7) is 2.74. The van der Waals surface area contributed by atoms with Crippen molar-refractivity contribution in [1.82, 2.24) is 4.90 Å². The van der Waals surface area contributed by atoms with E-state index in [1.165, 1.54) is 11.3 Å². The first-order valence-electron chi connectivity index (χ1n) is 7.44. The monoisotopic (exact) mass is 396 g/mol. The molecule has 0 aromatic carbocycles. The number of nitrogens with two attached hydrogens (primary N) is 1. The minimum absolute atomic E-state index is 0.0824. The van der Waals surface area contributed by atoms with Crippen LogP contribution in [0.4, 0.5) is 0 Å². The number of ether oxygens (including phenoxy) is 3. The third-order valence-corrected chi connectivity index (χ3v) is 7.58. The average Bonchev–Trinajstić information content (AvgIpc) is 2.90. The van der Waals surface area contributed by atoms with Gasteiger partial charge in [0, 0.05) is 24.5 Å². The van der Waals surface area contributed by atoms with Crippen LogP contribution in [-0.2, 0) is 24.2 Å². The Morgan fingerprint density at radius 3 is 2.75 bits per heavy atom. The molecule has 1 aromatic rings. The topological polar surface area (TPSA) is 91.1 Å². The quantitative estimate of drug-likeness (QED) is 0.671. The molecule has 2 rings (SSSR count). The highest BCUT2D eigenvalue weighted by Gasteiger charge is 2.32. The number of thiophene rings is 1. The molecule has 1 aliphatic rings. The van der Waals surface area contributed by atoms with Gasteiger partial charge in [0.1, 0.15) is 4.21 Å². The molecule has 0 amide bonds. The largest absolute Gasteiger partial charge is 0.356 e. The Kier molecular flexibility index (Phi) is 7.09. The van der Waals surface area contributed by atoms with Crippen LogP contribution in [-0.4, -0.2) is 59.4 Å². The molecule has 0 bridgehead atoms. The van der Waals surface area contributed by atoms with Gasteiger partial charge in [-0.05, 0) is 33.5 Å². The van der Waals surface area contributed by atoms with Gasteiger partial charge in [0.25, 0.3) is 0 Å². The lowest BCUT2D eigenvalue weighted by Crippen LogP contribution is -2.28. The lowest BCUT2D eigenvalue weighted by Gasteiger charge is -2.30. The van der Waals surface area contributed by atoms with Gasteiger partial charge in [-0.25, -0.2) is 13.6 Å². The molecule has 0 aliphatic carbocycles. The Morgan fingerprint density at radius 2 is 2.17 bits per heavy atom. The predicted molar refractivity (Wildman–Crippen MR) is 94.8 cm³/mol. The van der Waals surface area contributed by atoms with E-state index in [0.717, 1.165) is 22.7 Å². The number of primary sulfonamides is 1. The fraction of sp³-hybridized carbons (Fsp3) is 0.714. The van der Waals surface area contributed by atoms with E-state index in [1.807, 2.05) is 14.1 Å². The van der Waals surface area contributed by atoms with E-state index in [0.29, 0.717) is 5.25 Å². The van der Waals surface area contributed by atoms with Crippen molar-refractivity contribution in [2.24, 2.45) is 5.14 Å². The zero-order valence-electron chi connectivity index (χ0n) is 14.2. The van der Waals surface area contributed by atoms with Crippen molar-refractivity contribution in [3.63, 3.8) is 0 Å². The summed E-state index contributed by atoms with van der Waals surface area (Å²) in [4.78, 5) is 2.11. The fourth-order valence-corrected chi connectivity index (χ4v) is 6.33. The molecule has 0 spiro atoms. The number of hydrogen-bond donors (Lipinski definition) is 1. The molecular formula is C14H24N2O5S3. The number of fused-ring (bicyclic) bond motifs is 1. The summed E-state index contributed by atoms with van der Waals surface area (Å²) >= 11 is 2.89. The summed E-state index contributed by atoms with van der Waals surface area (Å²) in [5.41, 5.74) is 0.873. The summed E-state index contributed by atoms with van der Waals surface area (Å²) in [7, 11) is 1.88. The molecule has 3 atom stereocenters. The Morgan fingerprint density at radius 1 is 1.46 bits per heavy atom. The highest BCUT2D eigenvalue weighted by Crippen LogP contribution is 2.47. The standard InChI is InChI=1S/C14H24N2O5S3/c1-9(19-4)20-8-21-12-5-10(7-16(2)3)22-14-11(12)6-13(23-14)24(15,17)18/h6,9-10,12H,5,7-8H2,1-4H3,(H2,15,17,18). The van der Waals surface area contributed by atoms with Crippen LogP contribution in [0.25, 0.3) is 0 Å². The predicted octanol–water partition coefficient (Wildman–Crippen LogP) is 1.85. The van der Waals surface area contributed by atoms with Gasteiger partial charge in [-0.3, -0.25) is 0 Å². The smallest absolute Gasteiger partial charge is 0.247 e. The van der Waals surface area contributed by atoms with E-state index in [4.69, 9.17) is 19.3 Å². The van der Waals surface area contributed by atoms with E-state index in [9.17, 15) is 8.42 Å². The van der Waals surface area contributed by atoms with Crippen LogP contribution >= 0.6 is 23.1 Å². The maximum Gasteiger partial charge on any atom is 0.247 e. The number of methoxy groups -OCH3 is 1. The normalized spacial score (nSPS) is 22.6. The molecule has 0 saturated heterocycles. The number of thioether (sulfide) groups is 1. The van der Waals surface area contributed by atoms with Gasteiger partial charge in [-0.2, -0.15) is 0 Å². The Bertz CT molecular complexity index is 647.